The monoisotopic (exact) mass is 251 g/mol. The molecule has 0 radical (unpaired) electrons. The smallest absolute Gasteiger partial charge is 0.140 e. The molecule has 0 unspecified atom stereocenters. The molecule has 0 aliphatic heterocycles. The molecule has 3 heteroatoms. The number of nitrogens with zero attached hydrogens (tertiary/aromatic N) is 1. The van der Waals surface area contributed by atoms with Crippen LogP contribution in [0.3, 0.4) is 0 Å². The fourth-order valence-electron chi connectivity index (χ4n) is 3.24. The summed E-state index contributed by atoms with van der Waals surface area (Å²) in [5.74, 6) is 0.784. The topological polar surface area (TPSA) is 46.3 Å². The van der Waals surface area contributed by atoms with E-state index in [1.165, 1.54) is 32.1 Å². The molecule has 0 saturated heterocycles. The van der Waals surface area contributed by atoms with E-state index in [2.05, 4.69) is 5.16 Å². The Bertz CT molecular complexity index is 354. The van der Waals surface area contributed by atoms with Crippen molar-refractivity contribution in [2.45, 2.75) is 77.2 Å². The molecule has 1 aliphatic rings. The van der Waals surface area contributed by atoms with E-state index in [9.17, 15) is 5.11 Å². The normalized spacial score (nSPS) is 21.7. The Morgan fingerprint density at radius 3 is 1.89 bits per heavy atom. The highest BCUT2D eigenvalue weighted by Gasteiger charge is 2.34. The fraction of sp³-hybridized carbons (Fsp3) is 0.800. The Balaban J connectivity index is 2.19. The van der Waals surface area contributed by atoms with Crippen molar-refractivity contribution >= 4 is 0 Å². The lowest BCUT2D eigenvalue weighted by Crippen LogP contribution is -2.27. The molecule has 1 aliphatic carbocycles. The van der Waals surface area contributed by atoms with Crippen molar-refractivity contribution in [1.29, 1.82) is 0 Å². The number of aliphatic hydroxyl groups is 1. The molecular formula is C15H25NO2. The third kappa shape index (κ3) is 2.94. The average molecular weight is 251 g/mol. The highest BCUT2D eigenvalue weighted by atomic mass is 16.5. The van der Waals surface area contributed by atoms with E-state index in [1.807, 2.05) is 13.8 Å². The Hall–Kier alpha value is -0.830. The maximum absolute atomic E-state index is 11.0. The van der Waals surface area contributed by atoms with Crippen molar-refractivity contribution < 1.29 is 9.63 Å². The van der Waals surface area contributed by atoms with Crippen molar-refractivity contribution in [2.24, 2.45) is 0 Å². The maximum atomic E-state index is 11.0. The van der Waals surface area contributed by atoms with Crippen molar-refractivity contribution in [3.63, 3.8) is 0 Å². The summed E-state index contributed by atoms with van der Waals surface area (Å²) in [5, 5.41) is 15.0. The lowest BCUT2D eigenvalue weighted by Gasteiger charge is -2.29. The lowest BCUT2D eigenvalue weighted by molar-refractivity contribution is 0.0105. The van der Waals surface area contributed by atoms with Gasteiger partial charge in [0.2, 0.25) is 0 Å². The van der Waals surface area contributed by atoms with E-state index < -0.39 is 5.60 Å². The molecule has 2 rings (SSSR count). The van der Waals surface area contributed by atoms with Crippen LogP contribution in [0.1, 0.15) is 74.8 Å². The van der Waals surface area contributed by atoms with Crippen LogP contribution in [-0.2, 0) is 5.60 Å². The van der Waals surface area contributed by atoms with Gasteiger partial charge in [-0.05, 0) is 26.7 Å². The Morgan fingerprint density at radius 1 is 0.944 bits per heavy atom. The van der Waals surface area contributed by atoms with E-state index in [1.54, 1.807) is 0 Å². The molecule has 1 fully saturated rings. The molecule has 1 aromatic rings. The van der Waals surface area contributed by atoms with Gasteiger partial charge in [0, 0.05) is 5.56 Å². The van der Waals surface area contributed by atoms with Crippen LogP contribution >= 0.6 is 0 Å². The first kappa shape index (κ1) is 13.6. The standard InChI is InChI=1S/C15H25NO2/c1-12-14(13(2)18-16-12)15(17)10-8-6-4-3-5-7-9-11-15/h17H,3-11H2,1-2H3. The molecule has 0 bridgehead atoms. The number of hydrogen-bond donors (Lipinski definition) is 1. The minimum atomic E-state index is -0.717. The summed E-state index contributed by atoms with van der Waals surface area (Å²) in [6.07, 6.45) is 10.3. The second-order valence-corrected chi connectivity index (χ2v) is 5.71. The van der Waals surface area contributed by atoms with Crippen LogP contribution in [0.4, 0.5) is 0 Å². The molecular weight excluding hydrogens is 226 g/mol. The number of hydrogen-bond acceptors (Lipinski definition) is 3. The summed E-state index contributed by atoms with van der Waals surface area (Å²) in [7, 11) is 0. The van der Waals surface area contributed by atoms with Crippen molar-refractivity contribution in [3.05, 3.63) is 17.0 Å². The summed E-state index contributed by atoms with van der Waals surface area (Å²) in [6.45, 7) is 3.84. The zero-order valence-corrected chi connectivity index (χ0v) is 11.7. The first-order valence-corrected chi connectivity index (χ1v) is 7.29. The van der Waals surface area contributed by atoms with Gasteiger partial charge in [0.15, 0.2) is 0 Å². The zero-order valence-electron chi connectivity index (χ0n) is 11.7. The molecule has 1 saturated carbocycles. The van der Waals surface area contributed by atoms with Crippen LogP contribution in [0.25, 0.3) is 0 Å². The molecule has 0 atom stereocenters. The Labute approximate surface area is 110 Å². The second kappa shape index (κ2) is 5.87. The zero-order chi connectivity index (χ0) is 13.0. The maximum Gasteiger partial charge on any atom is 0.140 e. The Morgan fingerprint density at radius 2 is 1.44 bits per heavy atom. The van der Waals surface area contributed by atoms with Crippen LogP contribution in [0, 0.1) is 13.8 Å². The van der Waals surface area contributed by atoms with Gasteiger partial charge in [0.1, 0.15) is 5.76 Å². The van der Waals surface area contributed by atoms with Crippen molar-refractivity contribution in [1.82, 2.24) is 5.16 Å². The van der Waals surface area contributed by atoms with E-state index in [-0.39, 0.29) is 0 Å². The van der Waals surface area contributed by atoms with E-state index in [0.717, 1.165) is 42.7 Å². The second-order valence-electron chi connectivity index (χ2n) is 5.71. The largest absolute Gasteiger partial charge is 0.385 e. The van der Waals surface area contributed by atoms with Gasteiger partial charge in [-0.3, -0.25) is 0 Å². The molecule has 1 N–H and O–H groups in total. The molecule has 1 aromatic heterocycles. The molecule has 3 nitrogen and oxygen atoms in total. The van der Waals surface area contributed by atoms with Crippen molar-refractivity contribution in [3.8, 4) is 0 Å². The van der Waals surface area contributed by atoms with Crippen LogP contribution in [0.5, 0.6) is 0 Å². The fourth-order valence-corrected chi connectivity index (χ4v) is 3.24. The van der Waals surface area contributed by atoms with Crippen LogP contribution < -0.4 is 0 Å². The molecule has 0 amide bonds. The summed E-state index contributed by atoms with van der Waals surface area (Å²) in [5.41, 5.74) is 1.08. The van der Waals surface area contributed by atoms with E-state index in [0.29, 0.717) is 0 Å². The van der Waals surface area contributed by atoms with Gasteiger partial charge in [0.25, 0.3) is 0 Å². The van der Waals surface area contributed by atoms with Gasteiger partial charge < -0.3 is 9.63 Å². The quantitative estimate of drug-likeness (QED) is 0.820. The van der Waals surface area contributed by atoms with Gasteiger partial charge in [-0.1, -0.05) is 50.1 Å². The van der Waals surface area contributed by atoms with E-state index >= 15 is 0 Å². The van der Waals surface area contributed by atoms with Gasteiger partial charge in [0.05, 0.1) is 11.3 Å². The van der Waals surface area contributed by atoms with Crippen LogP contribution in [-0.4, -0.2) is 10.3 Å². The van der Waals surface area contributed by atoms with Gasteiger partial charge in [-0.25, -0.2) is 0 Å². The highest BCUT2D eigenvalue weighted by molar-refractivity contribution is 5.28. The molecule has 0 spiro atoms. The minimum Gasteiger partial charge on any atom is -0.385 e. The van der Waals surface area contributed by atoms with E-state index in [4.69, 9.17) is 4.52 Å². The SMILES string of the molecule is Cc1noc(C)c1C1(O)CCCCCCCCC1. The predicted octanol–water partition coefficient (Wildman–Crippen LogP) is 4.00. The summed E-state index contributed by atoms with van der Waals surface area (Å²) < 4.78 is 5.23. The van der Waals surface area contributed by atoms with Gasteiger partial charge in [-0.2, -0.15) is 0 Å². The summed E-state index contributed by atoms with van der Waals surface area (Å²) >= 11 is 0. The van der Waals surface area contributed by atoms with Crippen LogP contribution in [0.2, 0.25) is 0 Å². The summed E-state index contributed by atoms with van der Waals surface area (Å²) in [4.78, 5) is 0. The molecule has 18 heavy (non-hydrogen) atoms. The van der Waals surface area contributed by atoms with Gasteiger partial charge >= 0.3 is 0 Å². The first-order chi connectivity index (χ1) is 8.63. The van der Waals surface area contributed by atoms with Gasteiger partial charge in [-0.15, -0.1) is 0 Å². The Kier molecular flexibility index (Phi) is 4.44. The first-order valence-electron chi connectivity index (χ1n) is 7.29. The number of aryl methyl sites for hydroxylation is 2. The highest BCUT2D eigenvalue weighted by Crippen LogP contribution is 2.37. The minimum absolute atomic E-state index is 0.717. The predicted molar refractivity (Wildman–Crippen MR) is 71.4 cm³/mol. The summed E-state index contributed by atoms with van der Waals surface area (Å²) in [6, 6.07) is 0. The number of rotatable bonds is 1. The third-order valence-corrected chi connectivity index (χ3v) is 4.18. The molecule has 0 aromatic carbocycles. The average Bonchev–Trinajstić information content (AvgIpc) is 2.68. The lowest BCUT2D eigenvalue weighted by atomic mass is 9.82. The van der Waals surface area contributed by atoms with Crippen LogP contribution in [0.15, 0.2) is 4.52 Å². The van der Waals surface area contributed by atoms with Crippen molar-refractivity contribution in [2.75, 3.05) is 0 Å². The molecule has 102 valence electrons. The molecule has 1 heterocycles. The third-order valence-electron chi connectivity index (χ3n) is 4.18. The number of aromatic nitrogens is 1.